The Morgan fingerprint density at radius 1 is 1.38 bits per heavy atom. The number of benzene rings is 1. The molecule has 1 aromatic carbocycles. The van der Waals surface area contributed by atoms with Crippen molar-refractivity contribution in [3.8, 4) is 0 Å². The second-order valence-electron chi connectivity index (χ2n) is 5.63. The predicted octanol–water partition coefficient (Wildman–Crippen LogP) is 3.20. The third-order valence-corrected chi connectivity index (χ3v) is 4.34. The summed E-state index contributed by atoms with van der Waals surface area (Å²) in [7, 11) is 0. The molecule has 5 nitrogen and oxygen atoms in total. The number of amidine groups is 1. The van der Waals surface area contributed by atoms with Gasteiger partial charge < -0.3 is 16.3 Å². The fraction of sp³-hybridized carbons (Fsp3) is 0.467. The number of carbonyl (C=O) groups excluding carboxylic acids is 1. The number of anilines is 1. The maximum absolute atomic E-state index is 12.3. The lowest BCUT2D eigenvalue weighted by Gasteiger charge is -2.25. The van der Waals surface area contributed by atoms with Crippen LogP contribution in [0.25, 0.3) is 0 Å². The van der Waals surface area contributed by atoms with Crippen LogP contribution in [0.3, 0.4) is 0 Å². The van der Waals surface area contributed by atoms with Crippen LogP contribution in [0.2, 0.25) is 5.02 Å². The van der Waals surface area contributed by atoms with Crippen LogP contribution in [-0.4, -0.2) is 17.0 Å². The van der Waals surface area contributed by atoms with Gasteiger partial charge in [-0.2, -0.15) is 0 Å². The van der Waals surface area contributed by atoms with E-state index in [0.717, 1.165) is 25.7 Å². The average Bonchev–Trinajstić information content (AvgIpc) is 2.49. The van der Waals surface area contributed by atoms with Gasteiger partial charge in [0.05, 0.1) is 10.7 Å². The van der Waals surface area contributed by atoms with Crippen LogP contribution in [0, 0.1) is 11.8 Å². The number of halogens is 1. The molecule has 4 N–H and O–H groups in total. The first-order valence-corrected chi connectivity index (χ1v) is 7.47. The SMILES string of the molecule is CC1CCC(C(=O)Nc2cc(/C(N)=N/O)ccc2Cl)CC1. The van der Waals surface area contributed by atoms with E-state index in [1.165, 1.54) is 0 Å². The van der Waals surface area contributed by atoms with E-state index in [-0.39, 0.29) is 17.7 Å². The Labute approximate surface area is 129 Å². The van der Waals surface area contributed by atoms with Crippen LogP contribution in [0.15, 0.2) is 23.4 Å². The summed E-state index contributed by atoms with van der Waals surface area (Å²) in [5, 5.41) is 14.9. The molecule has 1 aliphatic carbocycles. The first-order chi connectivity index (χ1) is 10.0. The quantitative estimate of drug-likeness (QED) is 0.347. The number of amides is 1. The number of nitrogens with zero attached hydrogens (tertiary/aromatic N) is 1. The maximum atomic E-state index is 12.3. The molecule has 0 heterocycles. The molecule has 114 valence electrons. The minimum atomic E-state index is -0.0198. The molecule has 2 rings (SSSR count). The van der Waals surface area contributed by atoms with Crippen LogP contribution >= 0.6 is 11.6 Å². The summed E-state index contributed by atoms with van der Waals surface area (Å²) in [5.41, 5.74) is 6.55. The smallest absolute Gasteiger partial charge is 0.227 e. The van der Waals surface area contributed by atoms with Gasteiger partial charge in [-0.25, -0.2) is 0 Å². The standard InChI is InChI=1S/C15H20ClN3O2/c1-9-2-4-10(5-3-9)15(20)18-13-8-11(14(17)19-21)6-7-12(13)16/h6-10,21H,2-5H2,1H3,(H2,17,19)(H,18,20). The third kappa shape index (κ3) is 3.88. The highest BCUT2D eigenvalue weighted by molar-refractivity contribution is 6.34. The van der Waals surface area contributed by atoms with E-state index in [4.69, 9.17) is 22.5 Å². The van der Waals surface area contributed by atoms with E-state index in [1.807, 2.05) is 0 Å². The molecule has 1 amide bonds. The molecule has 1 saturated carbocycles. The lowest BCUT2D eigenvalue weighted by molar-refractivity contribution is -0.121. The highest BCUT2D eigenvalue weighted by atomic mass is 35.5. The molecule has 6 heteroatoms. The molecule has 0 spiro atoms. The van der Waals surface area contributed by atoms with Gasteiger partial charge in [0.2, 0.25) is 5.91 Å². The molecule has 1 aliphatic rings. The van der Waals surface area contributed by atoms with E-state index < -0.39 is 0 Å². The molecule has 0 aliphatic heterocycles. The molecule has 1 fully saturated rings. The molecule has 0 saturated heterocycles. The van der Waals surface area contributed by atoms with Crippen molar-refractivity contribution in [2.45, 2.75) is 32.6 Å². The minimum Gasteiger partial charge on any atom is -0.409 e. The summed E-state index contributed by atoms with van der Waals surface area (Å²) in [5.74, 6) is 0.695. The molecule has 21 heavy (non-hydrogen) atoms. The molecule has 0 bridgehead atoms. The second kappa shape index (κ2) is 6.80. The number of carbonyl (C=O) groups is 1. The van der Waals surface area contributed by atoms with Crippen molar-refractivity contribution < 1.29 is 10.0 Å². The van der Waals surface area contributed by atoms with Gasteiger partial charge in [0.25, 0.3) is 0 Å². The number of nitrogens with one attached hydrogen (secondary N) is 1. The summed E-state index contributed by atoms with van der Waals surface area (Å²) in [4.78, 5) is 12.3. The number of nitrogens with two attached hydrogens (primary N) is 1. The van der Waals surface area contributed by atoms with Gasteiger partial charge in [-0.15, -0.1) is 0 Å². The van der Waals surface area contributed by atoms with Crippen molar-refractivity contribution in [3.63, 3.8) is 0 Å². The Morgan fingerprint density at radius 3 is 2.67 bits per heavy atom. The van der Waals surface area contributed by atoms with Gasteiger partial charge >= 0.3 is 0 Å². The zero-order valence-corrected chi connectivity index (χ0v) is 12.7. The largest absolute Gasteiger partial charge is 0.409 e. The Bertz CT molecular complexity index is 552. The summed E-state index contributed by atoms with van der Waals surface area (Å²) >= 11 is 6.09. The van der Waals surface area contributed by atoms with Crippen molar-refractivity contribution in [2.24, 2.45) is 22.7 Å². The van der Waals surface area contributed by atoms with Crippen LogP contribution in [0.5, 0.6) is 0 Å². The second-order valence-corrected chi connectivity index (χ2v) is 6.03. The molecule has 1 aromatic rings. The minimum absolute atomic E-state index is 0.0135. The summed E-state index contributed by atoms with van der Waals surface area (Å²) < 4.78 is 0. The van der Waals surface area contributed by atoms with Gasteiger partial charge in [0.1, 0.15) is 0 Å². The van der Waals surface area contributed by atoms with Gasteiger partial charge in [0, 0.05) is 11.5 Å². The van der Waals surface area contributed by atoms with Crippen molar-refractivity contribution >= 4 is 29.0 Å². The van der Waals surface area contributed by atoms with Gasteiger partial charge in [-0.05, 0) is 49.8 Å². The van der Waals surface area contributed by atoms with Crippen molar-refractivity contribution in [1.29, 1.82) is 0 Å². The van der Waals surface area contributed by atoms with Crippen LogP contribution in [0.1, 0.15) is 38.2 Å². The van der Waals surface area contributed by atoms with E-state index in [0.29, 0.717) is 22.2 Å². The highest BCUT2D eigenvalue weighted by Gasteiger charge is 2.24. The number of rotatable bonds is 3. The van der Waals surface area contributed by atoms with Crippen molar-refractivity contribution in [1.82, 2.24) is 0 Å². The fourth-order valence-electron chi connectivity index (χ4n) is 2.60. The van der Waals surface area contributed by atoms with E-state index in [1.54, 1.807) is 18.2 Å². The zero-order chi connectivity index (χ0) is 15.4. The van der Waals surface area contributed by atoms with Gasteiger partial charge in [0.15, 0.2) is 5.84 Å². The first-order valence-electron chi connectivity index (χ1n) is 7.09. The monoisotopic (exact) mass is 309 g/mol. The lowest BCUT2D eigenvalue weighted by atomic mass is 9.82. The maximum Gasteiger partial charge on any atom is 0.227 e. The molecule has 0 aromatic heterocycles. The highest BCUT2D eigenvalue weighted by Crippen LogP contribution is 2.30. The summed E-state index contributed by atoms with van der Waals surface area (Å²) in [6.07, 6.45) is 3.97. The zero-order valence-electron chi connectivity index (χ0n) is 12.0. The van der Waals surface area contributed by atoms with E-state index in [9.17, 15) is 4.79 Å². The van der Waals surface area contributed by atoms with Crippen LogP contribution < -0.4 is 11.1 Å². The third-order valence-electron chi connectivity index (χ3n) is 4.01. The summed E-state index contributed by atoms with van der Waals surface area (Å²) in [6.45, 7) is 2.21. The topological polar surface area (TPSA) is 87.7 Å². The van der Waals surface area contributed by atoms with E-state index >= 15 is 0 Å². The average molecular weight is 310 g/mol. The first kappa shape index (κ1) is 15.6. The Kier molecular flexibility index (Phi) is 5.07. The fourth-order valence-corrected chi connectivity index (χ4v) is 2.76. The van der Waals surface area contributed by atoms with Gasteiger partial charge in [-0.3, -0.25) is 4.79 Å². The van der Waals surface area contributed by atoms with Crippen molar-refractivity contribution in [3.05, 3.63) is 28.8 Å². The van der Waals surface area contributed by atoms with E-state index in [2.05, 4.69) is 17.4 Å². The molecule has 0 atom stereocenters. The Morgan fingerprint density at radius 2 is 2.05 bits per heavy atom. The number of hydrogen-bond acceptors (Lipinski definition) is 3. The van der Waals surface area contributed by atoms with Crippen molar-refractivity contribution in [2.75, 3.05) is 5.32 Å². The lowest BCUT2D eigenvalue weighted by Crippen LogP contribution is -2.27. The predicted molar refractivity (Wildman–Crippen MR) is 83.7 cm³/mol. The van der Waals surface area contributed by atoms with Crippen LogP contribution in [0.4, 0.5) is 5.69 Å². The Balaban J connectivity index is 2.10. The molecule has 0 unspecified atom stereocenters. The number of oxime groups is 1. The number of hydrogen-bond donors (Lipinski definition) is 3. The molecule has 0 radical (unpaired) electrons. The molecular weight excluding hydrogens is 290 g/mol. The summed E-state index contributed by atoms with van der Waals surface area (Å²) in [6, 6.07) is 4.86. The Hall–Kier alpha value is -1.75. The van der Waals surface area contributed by atoms with Crippen LogP contribution in [-0.2, 0) is 4.79 Å². The molecular formula is C15H20ClN3O2. The normalized spacial score (nSPS) is 22.9. The van der Waals surface area contributed by atoms with Gasteiger partial charge in [-0.1, -0.05) is 23.7 Å².